The Labute approximate surface area is 224 Å². The maximum Gasteiger partial charge on any atom is 0.261 e. The number of pyridine rings is 1. The Bertz CT molecular complexity index is 1640. The molecule has 204 valence electrons. The maximum absolute atomic E-state index is 15.8. The first kappa shape index (κ1) is 24.3. The van der Waals surface area contributed by atoms with E-state index in [-0.39, 0.29) is 33.6 Å². The molecule has 3 fully saturated rings. The monoisotopic (exact) mass is 535 g/mol. The van der Waals surface area contributed by atoms with Crippen LogP contribution in [0.2, 0.25) is 0 Å². The summed E-state index contributed by atoms with van der Waals surface area (Å²) in [6, 6.07) is 2.61. The second-order valence-electron chi connectivity index (χ2n) is 11.3. The molecular weight excluding hydrogens is 504 g/mol. The number of rotatable bonds is 6. The van der Waals surface area contributed by atoms with Crippen LogP contribution in [0.15, 0.2) is 24.7 Å². The second-order valence-corrected chi connectivity index (χ2v) is 11.3. The highest BCUT2D eigenvalue weighted by Crippen LogP contribution is 2.54. The zero-order valence-corrected chi connectivity index (χ0v) is 22.2. The molecule has 1 atom stereocenters. The summed E-state index contributed by atoms with van der Waals surface area (Å²) in [6.45, 7) is 3.40. The second kappa shape index (κ2) is 8.64. The molecule has 0 radical (unpaired) electrons. The first-order valence-corrected chi connectivity index (χ1v) is 13.5. The van der Waals surface area contributed by atoms with Crippen LogP contribution in [-0.2, 0) is 7.05 Å². The number of carbonyl (C=O) groups excluding carboxylic acids is 1. The third-order valence-corrected chi connectivity index (χ3v) is 8.46. The molecule has 11 heteroatoms. The Morgan fingerprint density at radius 2 is 1.97 bits per heavy atom. The average molecular weight is 536 g/mol. The molecule has 39 heavy (non-hydrogen) atoms. The van der Waals surface area contributed by atoms with Crippen molar-refractivity contribution in [3.63, 3.8) is 0 Å². The Balaban J connectivity index is 1.23. The SMILES string of the molecule is COc1c(NC(=O)c2c(F)cc(N3CC[C@@H](NC4CC4)C4(CC4)C3)c3cn(C)nc23)cn2cc(C)nc2c1F. The van der Waals surface area contributed by atoms with Gasteiger partial charge in [0.2, 0.25) is 5.82 Å². The Morgan fingerprint density at radius 1 is 1.18 bits per heavy atom. The van der Waals surface area contributed by atoms with E-state index >= 15 is 8.78 Å². The lowest BCUT2D eigenvalue weighted by Gasteiger charge is -2.41. The fraction of sp³-hybridized carbons (Fsp3) is 0.464. The fourth-order valence-corrected chi connectivity index (χ4v) is 6.22. The summed E-state index contributed by atoms with van der Waals surface area (Å²) in [5.74, 6) is -2.29. The van der Waals surface area contributed by atoms with Gasteiger partial charge in [-0.15, -0.1) is 0 Å². The molecule has 3 aliphatic rings. The first-order valence-electron chi connectivity index (χ1n) is 13.5. The normalized spacial score (nSPS) is 20.2. The molecule has 4 aromatic rings. The lowest BCUT2D eigenvalue weighted by atomic mass is 9.88. The molecule has 7 rings (SSSR count). The van der Waals surface area contributed by atoms with Crippen molar-refractivity contribution < 1.29 is 18.3 Å². The largest absolute Gasteiger partial charge is 0.491 e. The summed E-state index contributed by atoms with van der Waals surface area (Å²) in [7, 11) is 3.06. The van der Waals surface area contributed by atoms with Crippen LogP contribution in [0.1, 0.15) is 48.2 Å². The molecule has 0 bridgehead atoms. The number of aromatic nitrogens is 4. The smallest absolute Gasteiger partial charge is 0.261 e. The number of piperidine rings is 1. The quantitative estimate of drug-likeness (QED) is 0.385. The van der Waals surface area contributed by atoms with E-state index < -0.39 is 17.5 Å². The minimum atomic E-state index is -0.734. The number of nitrogens with zero attached hydrogens (tertiary/aromatic N) is 5. The average Bonchev–Trinajstić information content (AvgIpc) is 3.79. The Morgan fingerprint density at radius 3 is 2.69 bits per heavy atom. The number of anilines is 2. The lowest BCUT2D eigenvalue weighted by molar-refractivity contribution is 0.102. The van der Waals surface area contributed by atoms with Gasteiger partial charge in [0.1, 0.15) is 22.6 Å². The number of hydrogen-bond donors (Lipinski definition) is 2. The van der Waals surface area contributed by atoms with Crippen LogP contribution in [0.5, 0.6) is 5.75 Å². The molecule has 0 unspecified atom stereocenters. The topological polar surface area (TPSA) is 88.7 Å². The minimum absolute atomic E-state index is 0.0679. The van der Waals surface area contributed by atoms with Crippen molar-refractivity contribution in [2.24, 2.45) is 12.5 Å². The molecule has 4 heterocycles. The molecule has 2 N–H and O–H groups in total. The van der Waals surface area contributed by atoms with Gasteiger partial charge in [-0.3, -0.25) is 9.48 Å². The van der Waals surface area contributed by atoms with Crippen molar-refractivity contribution in [3.05, 3.63) is 47.5 Å². The lowest BCUT2D eigenvalue weighted by Crippen LogP contribution is -2.51. The van der Waals surface area contributed by atoms with Crippen LogP contribution in [0, 0.1) is 24.0 Å². The van der Waals surface area contributed by atoms with Gasteiger partial charge in [-0.05, 0) is 45.1 Å². The van der Waals surface area contributed by atoms with Gasteiger partial charge in [-0.25, -0.2) is 9.37 Å². The Kier molecular flexibility index (Phi) is 5.39. The molecular formula is C28H31F2N7O2. The molecule has 1 spiro atoms. The predicted molar refractivity (Wildman–Crippen MR) is 144 cm³/mol. The third-order valence-electron chi connectivity index (χ3n) is 8.46. The van der Waals surface area contributed by atoms with Crippen molar-refractivity contribution >= 4 is 33.8 Å². The van der Waals surface area contributed by atoms with Gasteiger partial charge < -0.3 is 24.7 Å². The third kappa shape index (κ3) is 4.02. The van der Waals surface area contributed by atoms with Gasteiger partial charge in [0, 0.05) is 61.6 Å². The van der Waals surface area contributed by atoms with E-state index in [0.29, 0.717) is 23.2 Å². The van der Waals surface area contributed by atoms with Crippen LogP contribution >= 0.6 is 0 Å². The highest BCUT2D eigenvalue weighted by atomic mass is 19.1. The van der Waals surface area contributed by atoms with E-state index in [1.807, 2.05) is 6.20 Å². The van der Waals surface area contributed by atoms with Crippen molar-refractivity contribution in [2.45, 2.75) is 51.1 Å². The summed E-state index contributed by atoms with van der Waals surface area (Å²) in [5.41, 5.74) is 1.82. The van der Waals surface area contributed by atoms with Gasteiger partial charge in [0.05, 0.1) is 18.5 Å². The molecule has 1 saturated heterocycles. The van der Waals surface area contributed by atoms with E-state index in [0.717, 1.165) is 25.2 Å². The van der Waals surface area contributed by atoms with Gasteiger partial charge in [0.25, 0.3) is 5.91 Å². The van der Waals surface area contributed by atoms with Crippen LogP contribution in [0.25, 0.3) is 16.6 Å². The van der Waals surface area contributed by atoms with Crippen LogP contribution in [0.4, 0.5) is 20.2 Å². The zero-order chi connectivity index (χ0) is 27.1. The number of ether oxygens (including phenoxy) is 1. The molecule has 1 amide bonds. The predicted octanol–water partition coefficient (Wildman–Crippen LogP) is 4.18. The number of fused-ring (bicyclic) bond motifs is 2. The first-order chi connectivity index (χ1) is 18.8. The van der Waals surface area contributed by atoms with E-state index in [2.05, 4.69) is 25.6 Å². The standard InChI is InChI=1S/C28H31F2N7O2/c1-15-11-37-13-19(25(39-3)23(30)26(37)31-15)33-27(38)22-18(29)10-20(17-12-35(2)34-24(17)22)36-9-6-21(32-16-4-5-16)28(14-36)7-8-28/h10-13,16,21,32H,4-9,14H2,1-3H3,(H,33,38)/t21-/m1/s1. The highest BCUT2D eigenvalue weighted by Gasteiger charge is 2.53. The number of carbonyl (C=O) groups is 1. The van der Waals surface area contributed by atoms with Crippen molar-refractivity contribution in [1.29, 1.82) is 0 Å². The Hall–Kier alpha value is -3.73. The van der Waals surface area contributed by atoms with Gasteiger partial charge in [-0.2, -0.15) is 9.49 Å². The molecule has 3 aromatic heterocycles. The van der Waals surface area contributed by atoms with Crippen molar-refractivity contribution in [3.8, 4) is 5.75 Å². The molecule has 1 aromatic carbocycles. The van der Waals surface area contributed by atoms with Crippen LogP contribution < -0.4 is 20.3 Å². The summed E-state index contributed by atoms with van der Waals surface area (Å²) in [6.07, 6.45) is 10.8. The molecule has 1 aliphatic heterocycles. The molecule has 9 nitrogen and oxygen atoms in total. The molecule has 2 aliphatic carbocycles. The molecule has 2 saturated carbocycles. The van der Waals surface area contributed by atoms with Gasteiger partial charge in [0.15, 0.2) is 11.4 Å². The van der Waals surface area contributed by atoms with Crippen molar-refractivity contribution in [2.75, 3.05) is 30.4 Å². The number of benzene rings is 1. The van der Waals surface area contributed by atoms with E-state index in [1.165, 1.54) is 49.5 Å². The van der Waals surface area contributed by atoms with Gasteiger partial charge in [-0.1, -0.05) is 0 Å². The summed E-state index contributed by atoms with van der Waals surface area (Å²) in [5, 5.41) is 11.7. The van der Waals surface area contributed by atoms with E-state index in [4.69, 9.17) is 4.74 Å². The number of hydrogen-bond acceptors (Lipinski definition) is 6. The number of imidazole rings is 1. The maximum atomic E-state index is 15.8. The van der Waals surface area contributed by atoms with Crippen LogP contribution in [-0.4, -0.2) is 57.4 Å². The van der Waals surface area contributed by atoms with Crippen LogP contribution in [0.3, 0.4) is 0 Å². The minimum Gasteiger partial charge on any atom is -0.491 e. The summed E-state index contributed by atoms with van der Waals surface area (Å²) >= 11 is 0. The summed E-state index contributed by atoms with van der Waals surface area (Å²) in [4.78, 5) is 19.9. The number of methoxy groups -OCH3 is 1. The van der Waals surface area contributed by atoms with Crippen molar-refractivity contribution in [1.82, 2.24) is 24.5 Å². The van der Waals surface area contributed by atoms with E-state index in [9.17, 15) is 4.79 Å². The van der Waals surface area contributed by atoms with E-state index in [1.54, 1.807) is 24.9 Å². The number of amides is 1. The zero-order valence-electron chi connectivity index (χ0n) is 22.2. The van der Waals surface area contributed by atoms with Gasteiger partial charge >= 0.3 is 0 Å². The fourth-order valence-electron chi connectivity index (χ4n) is 6.22. The number of halogens is 2. The highest BCUT2D eigenvalue weighted by molar-refractivity contribution is 6.14. The number of nitrogens with one attached hydrogen (secondary N) is 2. The number of aryl methyl sites for hydroxylation is 2. The summed E-state index contributed by atoms with van der Waals surface area (Å²) < 4.78 is 39.2.